The molecule has 0 aromatic heterocycles. The van der Waals surface area contributed by atoms with Crippen molar-refractivity contribution in [1.82, 2.24) is 4.90 Å². The minimum absolute atomic E-state index is 0.184. The monoisotopic (exact) mass is 169 g/mol. The van der Waals surface area contributed by atoms with Gasteiger partial charge in [0.25, 0.3) is 5.91 Å². The van der Waals surface area contributed by atoms with E-state index in [-0.39, 0.29) is 18.6 Å². The van der Waals surface area contributed by atoms with Crippen LogP contribution in [0.5, 0.6) is 0 Å². The van der Waals surface area contributed by atoms with Crippen molar-refractivity contribution in [1.29, 1.82) is 0 Å². The molecule has 66 valence electrons. The maximum Gasteiger partial charge on any atom is 0.417 e. The molecular weight excluding hydrogens is 158 g/mol. The van der Waals surface area contributed by atoms with Gasteiger partial charge in [0.15, 0.2) is 0 Å². The second kappa shape index (κ2) is 3.38. The van der Waals surface area contributed by atoms with Gasteiger partial charge in [0.1, 0.15) is 0 Å². The topological polar surface area (TPSA) is 46.6 Å². The van der Waals surface area contributed by atoms with Crippen molar-refractivity contribution in [3.05, 3.63) is 12.2 Å². The van der Waals surface area contributed by atoms with E-state index in [4.69, 9.17) is 4.74 Å². The van der Waals surface area contributed by atoms with Gasteiger partial charge >= 0.3 is 6.09 Å². The number of hydrogen-bond donors (Lipinski definition) is 0. The van der Waals surface area contributed by atoms with Crippen LogP contribution in [-0.4, -0.2) is 29.5 Å². The van der Waals surface area contributed by atoms with Gasteiger partial charge in [0.2, 0.25) is 0 Å². The number of amides is 2. The molecule has 0 saturated carbocycles. The summed E-state index contributed by atoms with van der Waals surface area (Å²) in [6, 6.07) is -0.184. The van der Waals surface area contributed by atoms with E-state index in [9.17, 15) is 9.59 Å². The zero-order chi connectivity index (χ0) is 9.14. The van der Waals surface area contributed by atoms with Gasteiger partial charge in [0.05, 0.1) is 12.6 Å². The molecule has 1 atom stereocenters. The summed E-state index contributed by atoms with van der Waals surface area (Å²) in [6.45, 7) is 3.75. The van der Waals surface area contributed by atoms with E-state index >= 15 is 0 Å². The summed E-state index contributed by atoms with van der Waals surface area (Å²) in [6.07, 6.45) is 2.47. The zero-order valence-electron chi connectivity index (χ0n) is 7.11. The Kier molecular flexibility index (Phi) is 2.47. The molecule has 0 bridgehead atoms. The van der Waals surface area contributed by atoms with Gasteiger partial charge < -0.3 is 4.74 Å². The Labute approximate surface area is 70.8 Å². The van der Waals surface area contributed by atoms with Crippen LogP contribution in [0.3, 0.4) is 0 Å². The summed E-state index contributed by atoms with van der Waals surface area (Å²) in [4.78, 5) is 23.2. The third-order valence-electron chi connectivity index (χ3n) is 1.63. The highest BCUT2D eigenvalue weighted by molar-refractivity contribution is 6.01. The van der Waals surface area contributed by atoms with E-state index in [1.54, 1.807) is 19.9 Å². The molecule has 0 spiro atoms. The van der Waals surface area contributed by atoms with Crippen molar-refractivity contribution in [3.8, 4) is 0 Å². The molecule has 0 N–H and O–H groups in total. The molecule has 0 aromatic rings. The number of carbonyl (C=O) groups excluding carboxylic acids is 2. The fourth-order valence-corrected chi connectivity index (χ4v) is 1.04. The number of carbonyl (C=O) groups is 2. The first kappa shape index (κ1) is 8.77. The summed E-state index contributed by atoms with van der Waals surface area (Å²) in [5.41, 5.74) is 0. The summed E-state index contributed by atoms with van der Waals surface area (Å²) in [7, 11) is 0. The average Bonchev–Trinajstić information content (AvgIpc) is 2.32. The van der Waals surface area contributed by atoms with Crippen LogP contribution in [0.15, 0.2) is 12.2 Å². The van der Waals surface area contributed by atoms with Gasteiger partial charge in [-0.2, -0.15) is 0 Å². The number of hydrogen-bond acceptors (Lipinski definition) is 3. The SMILES string of the molecule is CCOC(=O)N1C(=O)C=CC1C. The summed E-state index contributed by atoms with van der Waals surface area (Å²) in [5.74, 6) is -0.305. The normalized spacial score (nSPS) is 21.7. The summed E-state index contributed by atoms with van der Waals surface area (Å²) >= 11 is 0. The van der Waals surface area contributed by atoms with Crippen LogP contribution < -0.4 is 0 Å². The van der Waals surface area contributed by atoms with Crippen molar-refractivity contribution in [3.63, 3.8) is 0 Å². The molecule has 12 heavy (non-hydrogen) atoms. The number of ether oxygens (including phenoxy) is 1. The molecule has 0 radical (unpaired) electrons. The highest BCUT2D eigenvalue weighted by atomic mass is 16.6. The minimum Gasteiger partial charge on any atom is -0.449 e. The molecule has 1 heterocycles. The predicted molar refractivity (Wildman–Crippen MR) is 42.5 cm³/mol. The van der Waals surface area contributed by atoms with E-state index < -0.39 is 6.09 Å². The van der Waals surface area contributed by atoms with Crippen molar-refractivity contribution >= 4 is 12.0 Å². The van der Waals surface area contributed by atoms with Crippen molar-refractivity contribution in [2.24, 2.45) is 0 Å². The fourth-order valence-electron chi connectivity index (χ4n) is 1.04. The van der Waals surface area contributed by atoms with Gasteiger partial charge in [-0.25, -0.2) is 9.69 Å². The van der Waals surface area contributed by atoms with E-state index in [0.717, 1.165) is 4.90 Å². The molecule has 2 amide bonds. The Morgan fingerprint density at radius 3 is 2.83 bits per heavy atom. The second-order valence-corrected chi connectivity index (χ2v) is 2.51. The molecule has 1 aliphatic heterocycles. The van der Waals surface area contributed by atoms with E-state index in [0.29, 0.717) is 0 Å². The van der Waals surface area contributed by atoms with Gasteiger partial charge in [-0.3, -0.25) is 4.79 Å². The van der Waals surface area contributed by atoms with Crippen LogP contribution in [0, 0.1) is 0 Å². The van der Waals surface area contributed by atoms with E-state index in [1.807, 2.05) is 0 Å². The lowest BCUT2D eigenvalue weighted by Gasteiger charge is -2.17. The van der Waals surface area contributed by atoms with Gasteiger partial charge in [-0.05, 0) is 13.8 Å². The van der Waals surface area contributed by atoms with Crippen molar-refractivity contribution in [2.45, 2.75) is 19.9 Å². The minimum atomic E-state index is -0.569. The molecule has 4 heteroatoms. The Morgan fingerprint density at radius 1 is 1.75 bits per heavy atom. The molecule has 0 aliphatic carbocycles. The molecule has 4 nitrogen and oxygen atoms in total. The standard InChI is InChI=1S/C8H11NO3/c1-3-12-8(11)9-6(2)4-5-7(9)10/h4-6H,3H2,1-2H3. The Bertz CT molecular complexity index is 234. The largest absolute Gasteiger partial charge is 0.449 e. The van der Waals surface area contributed by atoms with Crippen LogP contribution >= 0.6 is 0 Å². The molecule has 0 saturated heterocycles. The van der Waals surface area contributed by atoms with E-state index in [2.05, 4.69) is 0 Å². The first-order valence-corrected chi connectivity index (χ1v) is 3.85. The van der Waals surface area contributed by atoms with Crippen LogP contribution in [0.2, 0.25) is 0 Å². The average molecular weight is 169 g/mol. The van der Waals surface area contributed by atoms with Crippen LogP contribution in [0.4, 0.5) is 4.79 Å². The molecule has 1 unspecified atom stereocenters. The van der Waals surface area contributed by atoms with Gasteiger partial charge in [0, 0.05) is 6.08 Å². The third-order valence-corrected chi connectivity index (χ3v) is 1.63. The van der Waals surface area contributed by atoms with Crippen LogP contribution in [0.25, 0.3) is 0 Å². The molecule has 0 fully saturated rings. The lowest BCUT2D eigenvalue weighted by atomic mass is 10.3. The maximum atomic E-state index is 11.1. The zero-order valence-corrected chi connectivity index (χ0v) is 7.11. The maximum absolute atomic E-state index is 11.1. The lowest BCUT2D eigenvalue weighted by Crippen LogP contribution is -2.38. The van der Waals surface area contributed by atoms with Crippen molar-refractivity contribution in [2.75, 3.05) is 6.61 Å². The molecule has 0 aromatic carbocycles. The van der Waals surface area contributed by atoms with Crippen molar-refractivity contribution < 1.29 is 14.3 Å². The Morgan fingerprint density at radius 2 is 2.42 bits per heavy atom. The van der Waals surface area contributed by atoms with E-state index in [1.165, 1.54) is 6.08 Å². The first-order valence-electron chi connectivity index (χ1n) is 3.85. The van der Waals surface area contributed by atoms with Gasteiger partial charge in [-0.1, -0.05) is 6.08 Å². The molecular formula is C8H11NO3. The second-order valence-electron chi connectivity index (χ2n) is 2.51. The number of rotatable bonds is 1. The Hall–Kier alpha value is -1.32. The third kappa shape index (κ3) is 1.47. The van der Waals surface area contributed by atoms with Crippen LogP contribution in [0.1, 0.15) is 13.8 Å². The quantitative estimate of drug-likeness (QED) is 0.586. The highest BCUT2D eigenvalue weighted by Gasteiger charge is 2.29. The first-order chi connectivity index (χ1) is 5.66. The summed E-state index contributed by atoms with van der Waals surface area (Å²) < 4.78 is 4.69. The van der Waals surface area contributed by atoms with Gasteiger partial charge in [-0.15, -0.1) is 0 Å². The fraction of sp³-hybridized carbons (Fsp3) is 0.500. The molecule has 1 rings (SSSR count). The summed E-state index contributed by atoms with van der Waals surface area (Å²) in [5, 5.41) is 0. The number of imide groups is 1. The lowest BCUT2D eigenvalue weighted by molar-refractivity contribution is -0.124. The van der Waals surface area contributed by atoms with Crippen LogP contribution in [-0.2, 0) is 9.53 Å². The highest BCUT2D eigenvalue weighted by Crippen LogP contribution is 2.11. The Balaban J connectivity index is 2.63. The number of nitrogens with zero attached hydrogens (tertiary/aromatic N) is 1. The smallest absolute Gasteiger partial charge is 0.417 e. The molecule has 1 aliphatic rings. The predicted octanol–water partition coefficient (Wildman–Crippen LogP) is 0.930.